The Morgan fingerprint density at radius 3 is 2.16 bits per heavy atom. The van der Waals surface area contributed by atoms with Crippen molar-refractivity contribution in [2.45, 2.75) is 44.2 Å². The van der Waals surface area contributed by atoms with Crippen LogP contribution in [-0.4, -0.2) is 49.6 Å². The summed E-state index contributed by atoms with van der Waals surface area (Å²) < 4.78 is 43.6. The van der Waals surface area contributed by atoms with Gasteiger partial charge in [-0.1, -0.05) is 0 Å². The van der Waals surface area contributed by atoms with Gasteiger partial charge < -0.3 is 19.3 Å². The number of sulfonamides is 1. The summed E-state index contributed by atoms with van der Waals surface area (Å²) >= 11 is 0. The zero-order chi connectivity index (χ0) is 22.4. The number of carbonyl (C=O) groups is 1. The Morgan fingerprint density at radius 1 is 1.00 bits per heavy atom. The molecular formula is C22H27NO7S. The predicted molar refractivity (Wildman–Crippen MR) is 114 cm³/mol. The zero-order valence-electron chi connectivity index (χ0n) is 17.6. The Hall–Kier alpha value is -2.78. The van der Waals surface area contributed by atoms with Gasteiger partial charge in [-0.25, -0.2) is 8.42 Å². The van der Waals surface area contributed by atoms with Crippen LogP contribution < -0.4 is 14.2 Å². The number of benzene rings is 2. The molecule has 2 aromatic rings. The third-order valence-electron chi connectivity index (χ3n) is 4.89. The van der Waals surface area contributed by atoms with Crippen LogP contribution in [0.2, 0.25) is 0 Å². The maximum atomic E-state index is 12.8. The molecule has 0 unspecified atom stereocenters. The fourth-order valence-corrected chi connectivity index (χ4v) is 5.15. The van der Waals surface area contributed by atoms with Crippen molar-refractivity contribution in [3.63, 3.8) is 0 Å². The van der Waals surface area contributed by atoms with Gasteiger partial charge in [0.25, 0.3) is 0 Å². The van der Waals surface area contributed by atoms with Crippen LogP contribution in [0, 0.1) is 0 Å². The number of aliphatic carboxylic acids is 1. The maximum Gasteiger partial charge on any atom is 0.322 e. The van der Waals surface area contributed by atoms with E-state index in [9.17, 15) is 18.3 Å². The molecule has 9 heteroatoms. The van der Waals surface area contributed by atoms with E-state index in [4.69, 9.17) is 14.2 Å². The SMILES string of the molecule is CCOc1cc(COc2ccc(S(=O)(=O)N3CCC[C@@H]3C(=O)O)cc2)cc(OCC)c1. The molecule has 0 bridgehead atoms. The van der Waals surface area contributed by atoms with E-state index in [-0.39, 0.29) is 18.0 Å². The van der Waals surface area contributed by atoms with Gasteiger partial charge in [-0.2, -0.15) is 4.31 Å². The number of ether oxygens (including phenoxy) is 3. The van der Waals surface area contributed by atoms with E-state index < -0.39 is 22.0 Å². The summed E-state index contributed by atoms with van der Waals surface area (Å²) in [5.41, 5.74) is 0.854. The molecule has 0 spiro atoms. The van der Waals surface area contributed by atoms with Crippen LogP contribution in [0.3, 0.4) is 0 Å². The number of nitrogens with zero attached hydrogens (tertiary/aromatic N) is 1. The maximum absolute atomic E-state index is 12.8. The van der Waals surface area contributed by atoms with Crippen LogP contribution >= 0.6 is 0 Å². The van der Waals surface area contributed by atoms with Gasteiger partial charge in [-0.15, -0.1) is 0 Å². The molecule has 31 heavy (non-hydrogen) atoms. The summed E-state index contributed by atoms with van der Waals surface area (Å²) in [6.45, 7) is 5.33. The van der Waals surface area contributed by atoms with E-state index in [1.165, 1.54) is 12.1 Å². The Labute approximate surface area is 182 Å². The molecule has 3 rings (SSSR count). The van der Waals surface area contributed by atoms with Crippen molar-refractivity contribution >= 4 is 16.0 Å². The first-order valence-corrected chi connectivity index (χ1v) is 11.7. The van der Waals surface area contributed by atoms with E-state index in [0.717, 1.165) is 9.87 Å². The lowest BCUT2D eigenvalue weighted by Crippen LogP contribution is -2.40. The first kappa shape index (κ1) is 22.9. The molecule has 8 nitrogen and oxygen atoms in total. The van der Waals surface area contributed by atoms with Crippen LogP contribution in [0.15, 0.2) is 47.4 Å². The Morgan fingerprint density at radius 2 is 1.61 bits per heavy atom. The average molecular weight is 450 g/mol. The molecule has 1 fully saturated rings. The van der Waals surface area contributed by atoms with Gasteiger partial charge in [0.15, 0.2) is 0 Å². The van der Waals surface area contributed by atoms with Crippen molar-refractivity contribution in [2.75, 3.05) is 19.8 Å². The Bertz CT molecular complexity index is 981. The third-order valence-corrected chi connectivity index (χ3v) is 6.81. The van der Waals surface area contributed by atoms with Crippen molar-refractivity contribution in [2.24, 2.45) is 0 Å². The molecule has 1 atom stereocenters. The smallest absolute Gasteiger partial charge is 0.322 e. The van der Waals surface area contributed by atoms with Crippen LogP contribution in [0.1, 0.15) is 32.3 Å². The highest BCUT2D eigenvalue weighted by molar-refractivity contribution is 7.89. The van der Waals surface area contributed by atoms with Gasteiger partial charge in [0.2, 0.25) is 10.0 Å². The Kier molecular flexibility index (Phi) is 7.40. The van der Waals surface area contributed by atoms with Gasteiger partial charge in [-0.05, 0) is 68.7 Å². The van der Waals surface area contributed by atoms with E-state index in [2.05, 4.69) is 0 Å². The highest BCUT2D eigenvalue weighted by Crippen LogP contribution is 2.28. The number of carboxylic acids is 1. The lowest BCUT2D eigenvalue weighted by atomic mass is 10.2. The fraction of sp³-hybridized carbons (Fsp3) is 0.409. The second kappa shape index (κ2) is 10.0. The normalized spacial score (nSPS) is 16.8. The van der Waals surface area contributed by atoms with E-state index in [0.29, 0.717) is 43.3 Å². The highest BCUT2D eigenvalue weighted by Gasteiger charge is 2.39. The molecule has 0 saturated carbocycles. The minimum atomic E-state index is -3.88. The molecule has 168 valence electrons. The van der Waals surface area contributed by atoms with Gasteiger partial charge in [0.1, 0.15) is 29.9 Å². The summed E-state index contributed by atoms with van der Waals surface area (Å²) in [6.07, 6.45) is 0.849. The summed E-state index contributed by atoms with van der Waals surface area (Å²) in [7, 11) is -3.88. The minimum Gasteiger partial charge on any atom is -0.494 e. The van der Waals surface area contributed by atoms with E-state index >= 15 is 0 Å². The molecule has 2 aromatic carbocycles. The molecule has 0 radical (unpaired) electrons. The van der Waals surface area contributed by atoms with Crippen molar-refractivity contribution in [3.8, 4) is 17.2 Å². The van der Waals surface area contributed by atoms with Crippen molar-refractivity contribution < 1.29 is 32.5 Å². The average Bonchev–Trinajstić information content (AvgIpc) is 3.24. The quantitative estimate of drug-likeness (QED) is 0.594. The molecule has 1 aliphatic heterocycles. The monoisotopic (exact) mass is 449 g/mol. The number of hydrogen-bond acceptors (Lipinski definition) is 6. The predicted octanol–water partition coefficient (Wildman–Crippen LogP) is 3.30. The Balaban J connectivity index is 1.70. The van der Waals surface area contributed by atoms with Crippen LogP contribution in [0.5, 0.6) is 17.2 Å². The first-order chi connectivity index (χ1) is 14.8. The number of carboxylic acid groups (broad SMARTS) is 1. The van der Waals surface area contributed by atoms with Gasteiger partial charge >= 0.3 is 5.97 Å². The molecule has 0 aromatic heterocycles. The number of rotatable bonds is 10. The lowest BCUT2D eigenvalue weighted by molar-refractivity contribution is -0.140. The zero-order valence-corrected chi connectivity index (χ0v) is 18.4. The molecule has 1 saturated heterocycles. The van der Waals surface area contributed by atoms with Crippen molar-refractivity contribution in [1.29, 1.82) is 0 Å². The molecule has 1 heterocycles. The summed E-state index contributed by atoms with van der Waals surface area (Å²) in [4.78, 5) is 11.4. The molecule has 0 amide bonds. The summed E-state index contributed by atoms with van der Waals surface area (Å²) in [6, 6.07) is 10.5. The van der Waals surface area contributed by atoms with Crippen LogP contribution in [0.25, 0.3) is 0 Å². The molecule has 0 aliphatic carbocycles. The van der Waals surface area contributed by atoms with E-state index in [1.807, 2.05) is 32.0 Å². The summed E-state index contributed by atoms with van der Waals surface area (Å²) in [5.74, 6) is 0.746. The van der Waals surface area contributed by atoms with Gasteiger partial charge in [-0.3, -0.25) is 4.79 Å². The van der Waals surface area contributed by atoms with Gasteiger partial charge in [0.05, 0.1) is 18.1 Å². The topological polar surface area (TPSA) is 102 Å². The summed E-state index contributed by atoms with van der Waals surface area (Å²) in [5, 5.41) is 9.28. The van der Waals surface area contributed by atoms with Gasteiger partial charge in [0, 0.05) is 12.6 Å². The fourth-order valence-electron chi connectivity index (χ4n) is 3.50. The van der Waals surface area contributed by atoms with Crippen molar-refractivity contribution in [1.82, 2.24) is 4.31 Å². The standard InChI is InChI=1S/C22H27NO7S/c1-3-28-18-12-16(13-19(14-18)29-4-2)15-30-17-7-9-20(10-8-17)31(26,27)23-11-5-6-21(23)22(24)25/h7-10,12-14,21H,3-6,11,15H2,1-2H3,(H,24,25)/t21-/m1/s1. The van der Waals surface area contributed by atoms with Crippen LogP contribution in [-0.2, 0) is 21.4 Å². The molecular weight excluding hydrogens is 422 g/mol. The first-order valence-electron chi connectivity index (χ1n) is 10.2. The van der Waals surface area contributed by atoms with Crippen molar-refractivity contribution in [3.05, 3.63) is 48.0 Å². The second-order valence-electron chi connectivity index (χ2n) is 7.05. The lowest BCUT2D eigenvalue weighted by Gasteiger charge is -2.21. The largest absolute Gasteiger partial charge is 0.494 e. The second-order valence-corrected chi connectivity index (χ2v) is 8.94. The van der Waals surface area contributed by atoms with E-state index in [1.54, 1.807) is 12.1 Å². The third kappa shape index (κ3) is 5.48. The minimum absolute atomic E-state index is 0.0463. The number of hydrogen-bond donors (Lipinski definition) is 1. The van der Waals surface area contributed by atoms with Crippen LogP contribution in [0.4, 0.5) is 0 Å². The molecule has 1 N–H and O–H groups in total. The molecule has 1 aliphatic rings. The highest BCUT2D eigenvalue weighted by atomic mass is 32.2.